The maximum absolute atomic E-state index is 13.0. The number of nitrogens with one attached hydrogen (secondary N) is 2. The number of nitrogens with zero attached hydrogens (tertiary/aromatic N) is 1. The molecule has 0 saturated carbocycles. The summed E-state index contributed by atoms with van der Waals surface area (Å²) in [7, 11) is 1.55. The van der Waals surface area contributed by atoms with E-state index in [1.54, 1.807) is 30.2 Å². The molecule has 4 amide bonds. The van der Waals surface area contributed by atoms with Crippen molar-refractivity contribution in [2.45, 2.75) is 31.8 Å². The molecule has 2 N–H and O–H groups in total. The highest BCUT2D eigenvalue weighted by molar-refractivity contribution is 6.09. The van der Waals surface area contributed by atoms with E-state index in [9.17, 15) is 14.4 Å². The van der Waals surface area contributed by atoms with Crippen molar-refractivity contribution in [3.8, 4) is 5.75 Å². The first-order chi connectivity index (χ1) is 14.8. The summed E-state index contributed by atoms with van der Waals surface area (Å²) in [4.78, 5) is 39.3. The Morgan fingerprint density at radius 1 is 1.16 bits per heavy atom. The lowest BCUT2D eigenvalue weighted by molar-refractivity contribution is -0.122. The van der Waals surface area contributed by atoms with Crippen molar-refractivity contribution in [3.05, 3.63) is 70.8 Å². The zero-order chi connectivity index (χ0) is 22.2. The van der Waals surface area contributed by atoms with Crippen molar-refractivity contribution in [1.29, 1.82) is 0 Å². The second-order valence-corrected chi connectivity index (χ2v) is 8.22. The van der Waals surface area contributed by atoms with Crippen LogP contribution < -0.4 is 15.4 Å². The Labute approximate surface area is 181 Å². The topological polar surface area (TPSA) is 87.7 Å². The minimum Gasteiger partial charge on any atom is -0.497 e. The SMILES string of the molecule is COc1ccc2c(c1)C(=O)N(C[C@@]1(/C=C/c3cccc(C(C)C)c3)NC(=O)NC1=O)C2. The minimum atomic E-state index is -1.34. The summed E-state index contributed by atoms with van der Waals surface area (Å²) < 4.78 is 5.22. The molecule has 2 heterocycles. The van der Waals surface area contributed by atoms with Gasteiger partial charge in [-0.05, 0) is 40.8 Å². The molecule has 7 heteroatoms. The summed E-state index contributed by atoms with van der Waals surface area (Å²) in [5, 5.41) is 5.02. The van der Waals surface area contributed by atoms with Gasteiger partial charge in [-0.2, -0.15) is 0 Å². The number of methoxy groups -OCH3 is 1. The molecule has 1 fully saturated rings. The Morgan fingerprint density at radius 3 is 2.65 bits per heavy atom. The normalized spacial score (nSPS) is 20.4. The predicted octanol–water partition coefficient (Wildman–Crippen LogP) is 3.07. The molecule has 0 radical (unpaired) electrons. The number of ether oxygens (including phenoxy) is 1. The Kier molecular flexibility index (Phi) is 5.27. The van der Waals surface area contributed by atoms with Gasteiger partial charge in [0, 0.05) is 12.1 Å². The average Bonchev–Trinajstić information content (AvgIpc) is 3.21. The summed E-state index contributed by atoms with van der Waals surface area (Å²) in [6.45, 7) is 4.61. The first-order valence-electron chi connectivity index (χ1n) is 10.2. The Morgan fingerprint density at radius 2 is 1.97 bits per heavy atom. The molecule has 0 bridgehead atoms. The summed E-state index contributed by atoms with van der Waals surface area (Å²) >= 11 is 0. The van der Waals surface area contributed by atoms with E-state index in [0.29, 0.717) is 23.8 Å². The third-order valence-corrected chi connectivity index (χ3v) is 5.74. The van der Waals surface area contributed by atoms with Gasteiger partial charge in [-0.15, -0.1) is 0 Å². The van der Waals surface area contributed by atoms with E-state index < -0.39 is 17.5 Å². The van der Waals surface area contributed by atoms with E-state index in [2.05, 4.69) is 30.5 Å². The largest absolute Gasteiger partial charge is 0.497 e. The highest BCUT2D eigenvalue weighted by Gasteiger charge is 2.47. The van der Waals surface area contributed by atoms with Crippen LogP contribution >= 0.6 is 0 Å². The summed E-state index contributed by atoms with van der Waals surface area (Å²) in [5.41, 5.74) is 2.16. The number of hydrogen-bond donors (Lipinski definition) is 2. The van der Waals surface area contributed by atoms with Gasteiger partial charge in [0.15, 0.2) is 5.54 Å². The lowest BCUT2D eigenvalue weighted by Gasteiger charge is -2.28. The first-order valence-corrected chi connectivity index (χ1v) is 10.2. The van der Waals surface area contributed by atoms with Crippen molar-refractivity contribution in [1.82, 2.24) is 15.5 Å². The summed E-state index contributed by atoms with van der Waals surface area (Å²) in [5.74, 6) is 0.294. The van der Waals surface area contributed by atoms with Gasteiger partial charge in [0.2, 0.25) is 0 Å². The van der Waals surface area contributed by atoms with Crippen LogP contribution in [0.3, 0.4) is 0 Å². The quantitative estimate of drug-likeness (QED) is 0.705. The number of amides is 4. The number of benzene rings is 2. The van der Waals surface area contributed by atoms with E-state index in [4.69, 9.17) is 4.74 Å². The fraction of sp³-hybridized carbons (Fsp3) is 0.292. The van der Waals surface area contributed by atoms with Crippen LogP contribution in [0.25, 0.3) is 6.08 Å². The molecule has 0 aromatic heterocycles. The summed E-state index contributed by atoms with van der Waals surface area (Å²) in [6, 6.07) is 12.8. The van der Waals surface area contributed by atoms with Gasteiger partial charge in [-0.3, -0.25) is 14.9 Å². The molecule has 2 aliphatic rings. The molecular formula is C24H25N3O4. The van der Waals surface area contributed by atoms with Crippen LogP contribution in [-0.2, 0) is 11.3 Å². The Balaban J connectivity index is 1.62. The zero-order valence-electron chi connectivity index (χ0n) is 17.8. The number of fused-ring (bicyclic) bond motifs is 1. The number of carbonyl (C=O) groups is 3. The van der Waals surface area contributed by atoms with Crippen molar-refractivity contribution in [2.75, 3.05) is 13.7 Å². The lowest BCUT2D eigenvalue weighted by atomic mass is 9.95. The molecule has 0 aliphatic carbocycles. The van der Waals surface area contributed by atoms with Crippen LogP contribution in [0.4, 0.5) is 4.79 Å². The molecular weight excluding hydrogens is 394 g/mol. The molecule has 1 saturated heterocycles. The molecule has 1 atom stereocenters. The standard InChI is InChI=1S/C24H25N3O4/c1-15(2)17-6-4-5-16(11-17)9-10-24(22(29)25-23(30)26-24)14-27-13-18-7-8-19(31-3)12-20(18)21(27)28/h4-12,15H,13-14H2,1-3H3,(H2,25,26,29,30)/b10-9+/t24-/m1/s1. The van der Waals surface area contributed by atoms with Crippen molar-refractivity contribution in [3.63, 3.8) is 0 Å². The second-order valence-electron chi connectivity index (χ2n) is 8.22. The molecule has 4 rings (SSSR count). The first kappa shape index (κ1) is 20.7. The van der Waals surface area contributed by atoms with E-state index >= 15 is 0 Å². The minimum absolute atomic E-state index is 0.0285. The molecule has 0 spiro atoms. The van der Waals surface area contributed by atoms with Crippen molar-refractivity contribution in [2.24, 2.45) is 0 Å². The van der Waals surface area contributed by atoms with Crippen LogP contribution in [-0.4, -0.2) is 41.9 Å². The van der Waals surface area contributed by atoms with Crippen LogP contribution in [0.15, 0.2) is 48.5 Å². The van der Waals surface area contributed by atoms with Gasteiger partial charge >= 0.3 is 6.03 Å². The number of rotatable bonds is 6. The monoisotopic (exact) mass is 419 g/mol. The fourth-order valence-electron chi connectivity index (χ4n) is 3.94. The van der Waals surface area contributed by atoms with E-state index in [1.165, 1.54) is 5.56 Å². The van der Waals surface area contributed by atoms with Gasteiger partial charge in [0.05, 0.1) is 13.7 Å². The number of imide groups is 1. The van der Waals surface area contributed by atoms with Crippen molar-refractivity contribution >= 4 is 23.9 Å². The maximum atomic E-state index is 13.0. The molecule has 2 aliphatic heterocycles. The van der Waals surface area contributed by atoms with Crippen molar-refractivity contribution < 1.29 is 19.1 Å². The van der Waals surface area contributed by atoms with E-state index in [0.717, 1.165) is 11.1 Å². The zero-order valence-corrected chi connectivity index (χ0v) is 17.8. The Hall–Kier alpha value is -3.61. The highest BCUT2D eigenvalue weighted by atomic mass is 16.5. The number of hydrogen-bond acceptors (Lipinski definition) is 4. The molecule has 7 nitrogen and oxygen atoms in total. The molecule has 160 valence electrons. The van der Waals surface area contributed by atoms with Crippen LogP contribution in [0.2, 0.25) is 0 Å². The molecule has 2 aromatic rings. The summed E-state index contributed by atoms with van der Waals surface area (Å²) in [6.07, 6.45) is 3.48. The number of urea groups is 1. The van der Waals surface area contributed by atoms with Gasteiger partial charge in [-0.1, -0.05) is 50.3 Å². The lowest BCUT2D eigenvalue weighted by Crippen LogP contribution is -2.53. The Bertz CT molecular complexity index is 1090. The van der Waals surface area contributed by atoms with Gasteiger partial charge in [0.1, 0.15) is 5.75 Å². The van der Waals surface area contributed by atoms with Gasteiger partial charge < -0.3 is 15.0 Å². The highest BCUT2D eigenvalue weighted by Crippen LogP contribution is 2.29. The third kappa shape index (κ3) is 3.91. The predicted molar refractivity (Wildman–Crippen MR) is 117 cm³/mol. The van der Waals surface area contributed by atoms with Gasteiger partial charge in [-0.25, -0.2) is 4.79 Å². The molecule has 31 heavy (non-hydrogen) atoms. The maximum Gasteiger partial charge on any atom is 0.322 e. The van der Waals surface area contributed by atoms with E-state index in [1.807, 2.05) is 30.3 Å². The number of carbonyl (C=O) groups excluding carboxylic acids is 3. The fourth-order valence-corrected chi connectivity index (χ4v) is 3.94. The molecule has 0 unspecified atom stereocenters. The third-order valence-electron chi connectivity index (χ3n) is 5.74. The van der Waals surface area contributed by atoms with Crippen LogP contribution in [0.1, 0.15) is 46.8 Å². The second kappa shape index (κ2) is 7.91. The van der Waals surface area contributed by atoms with Gasteiger partial charge in [0.25, 0.3) is 11.8 Å². The average molecular weight is 419 g/mol. The van der Waals surface area contributed by atoms with Crippen LogP contribution in [0, 0.1) is 0 Å². The molecule has 2 aromatic carbocycles. The smallest absolute Gasteiger partial charge is 0.322 e. The van der Waals surface area contributed by atoms with E-state index in [-0.39, 0.29) is 12.5 Å². The van der Waals surface area contributed by atoms with Crippen LogP contribution in [0.5, 0.6) is 5.75 Å².